The van der Waals surface area contributed by atoms with Crippen LogP contribution in [0.1, 0.15) is 56.0 Å². The van der Waals surface area contributed by atoms with E-state index >= 15 is 0 Å². The summed E-state index contributed by atoms with van der Waals surface area (Å²) >= 11 is 0. The number of carbonyl (C=O) groups excluding carboxylic acids is 2. The number of aryl methyl sites for hydroxylation is 2. The topological polar surface area (TPSA) is 78.7 Å². The second-order valence-electron chi connectivity index (χ2n) is 7.70. The van der Waals surface area contributed by atoms with Crippen molar-refractivity contribution in [1.82, 2.24) is 20.3 Å². The molecule has 0 radical (unpaired) electrons. The van der Waals surface area contributed by atoms with Gasteiger partial charge in [-0.15, -0.1) is 0 Å². The van der Waals surface area contributed by atoms with E-state index in [2.05, 4.69) is 15.4 Å². The number of nitrogens with zero attached hydrogens (tertiary/aromatic N) is 3. The van der Waals surface area contributed by atoms with E-state index in [1.54, 1.807) is 0 Å². The maximum absolute atomic E-state index is 12.6. The predicted molar refractivity (Wildman–Crippen MR) is 97.5 cm³/mol. The van der Waals surface area contributed by atoms with Crippen LogP contribution >= 0.6 is 0 Å². The molecule has 2 aliphatic heterocycles. The van der Waals surface area contributed by atoms with Gasteiger partial charge in [0.25, 0.3) is 0 Å². The van der Waals surface area contributed by atoms with Crippen LogP contribution in [0.4, 0.5) is 0 Å². The second-order valence-corrected chi connectivity index (χ2v) is 7.70. The smallest absolute Gasteiger partial charge is 0.222 e. The van der Waals surface area contributed by atoms with Crippen molar-refractivity contribution in [3.05, 3.63) is 17.0 Å². The van der Waals surface area contributed by atoms with Crippen LogP contribution in [0.5, 0.6) is 0 Å². The van der Waals surface area contributed by atoms with Crippen LogP contribution in [0.3, 0.4) is 0 Å². The van der Waals surface area contributed by atoms with Gasteiger partial charge in [0.1, 0.15) is 5.76 Å². The van der Waals surface area contributed by atoms with E-state index in [1.165, 1.54) is 12.5 Å². The minimum absolute atomic E-state index is 0.0428. The zero-order valence-corrected chi connectivity index (χ0v) is 16.1. The third-order valence-electron chi connectivity index (χ3n) is 5.90. The minimum atomic E-state index is -0.0428. The first kappa shape index (κ1) is 18.9. The summed E-state index contributed by atoms with van der Waals surface area (Å²) in [6.45, 7) is 9.60. The Balaban J connectivity index is 1.55. The second kappa shape index (κ2) is 7.78. The number of carbonyl (C=O) groups is 2. The Morgan fingerprint density at radius 2 is 2.08 bits per heavy atom. The summed E-state index contributed by atoms with van der Waals surface area (Å²) in [5, 5.41) is 6.81. The van der Waals surface area contributed by atoms with Crippen LogP contribution in [0.15, 0.2) is 4.52 Å². The number of piperidine rings is 1. The molecule has 0 aromatic carbocycles. The van der Waals surface area contributed by atoms with Gasteiger partial charge in [-0.25, -0.2) is 0 Å². The van der Waals surface area contributed by atoms with E-state index < -0.39 is 0 Å². The quantitative estimate of drug-likeness (QED) is 0.781. The Hall–Kier alpha value is -1.89. The molecule has 7 nitrogen and oxygen atoms in total. The van der Waals surface area contributed by atoms with Crippen molar-refractivity contribution in [3.63, 3.8) is 0 Å². The Morgan fingerprint density at radius 1 is 1.27 bits per heavy atom. The highest BCUT2D eigenvalue weighted by atomic mass is 16.5. The van der Waals surface area contributed by atoms with Gasteiger partial charge in [0.05, 0.1) is 5.69 Å². The number of amides is 2. The minimum Gasteiger partial charge on any atom is -0.361 e. The van der Waals surface area contributed by atoms with E-state index in [0.29, 0.717) is 19.4 Å². The fourth-order valence-electron chi connectivity index (χ4n) is 4.20. The Labute approximate surface area is 155 Å². The molecular weight excluding hydrogens is 332 g/mol. The molecule has 2 amide bonds. The lowest BCUT2D eigenvalue weighted by atomic mass is 9.77. The molecule has 1 aromatic heterocycles. The first-order valence-electron chi connectivity index (χ1n) is 9.60. The first-order chi connectivity index (χ1) is 12.4. The van der Waals surface area contributed by atoms with Crippen molar-refractivity contribution in [2.24, 2.45) is 0 Å². The summed E-state index contributed by atoms with van der Waals surface area (Å²) in [6, 6.07) is 0. The summed E-state index contributed by atoms with van der Waals surface area (Å²) in [4.78, 5) is 28.0. The van der Waals surface area contributed by atoms with Crippen LogP contribution < -0.4 is 5.32 Å². The average Bonchev–Trinajstić information content (AvgIpc) is 2.93. The molecule has 0 bridgehead atoms. The molecule has 7 heteroatoms. The zero-order chi connectivity index (χ0) is 18.7. The maximum atomic E-state index is 12.6. The molecule has 0 saturated carbocycles. The van der Waals surface area contributed by atoms with Crippen molar-refractivity contribution in [1.29, 1.82) is 0 Å². The highest BCUT2D eigenvalue weighted by molar-refractivity contribution is 5.76. The molecule has 1 atom stereocenters. The fraction of sp³-hybridized carbons (Fsp3) is 0.737. The zero-order valence-electron chi connectivity index (χ0n) is 16.1. The Kier molecular flexibility index (Phi) is 5.65. The third kappa shape index (κ3) is 3.92. The van der Waals surface area contributed by atoms with Crippen LogP contribution in [0.2, 0.25) is 0 Å². The third-order valence-corrected chi connectivity index (χ3v) is 5.90. The van der Waals surface area contributed by atoms with E-state index in [1.807, 2.05) is 18.7 Å². The van der Waals surface area contributed by atoms with Crippen molar-refractivity contribution >= 4 is 11.8 Å². The fourth-order valence-corrected chi connectivity index (χ4v) is 4.20. The van der Waals surface area contributed by atoms with E-state index in [0.717, 1.165) is 56.9 Å². The molecule has 1 aromatic rings. The monoisotopic (exact) mass is 362 g/mol. The lowest BCUT2D eigenvalue weighted by molar-refractivity contribution is -0.141. The molecule has 1 unspecified atom stereocenters. The summed E-state index contributed by atoms with van der Waals surface area (Å²) in [5.41, 5.74) is 2.26. The van der Waals surface area contributed by atoms with E-state index in [9.17, 15) is 9.59 Å². The summed E-state index contributed by atoms with van der Waals surface area (Å²) in [6.07, 6.45) is 4.54. The molecule has 2 saturated heterocycles. The summed E-state index contributed by atoms with van der Waals surface area (Å²) in [7, 11) is 0. The molecule has 2 fully saturated rings. The van der Waals surface area contributed by atoms with Gasteiger partial charge in [-0.3, -0.25) is 14.5 Å². The molecule has 3 heterocycles. The van der Waals surface area contributed by atoms with Crippen molar-refractivity contribution in [2.75, 3.05) is 26.2 Å². The van der Waals surface area contributed by atoms with Crippen LogP contribution in [0.25, 0.3) is 0 Å². The lowest BCUT2D eigenvalue weighted by Crippen LogP contribution is -2.67. The van der Waals surface area contributed by atoms with Crippen LogP contribution in [0, 0.1) is 13.8 Å². The van der Waals surface area contributed by atoms with Gasteiger partial charge in [0.15, 0.2) is 0 Å². The highest BCUT2D eigenvalue weighted by Crippen LogP contribution is 2.40. The lowest BCUT2D eigenvalue weighted by Gasteiger charge is -2.57. The van der Waals surface area contributed by atoms with Gasteiger partial charge in [-0.2, -0.15) is 0 Å². The molecule has 144 valence electrons. The number of rotatable bonds is 6. The van der Waals surface area contributed by atoms with Gasteiger partial charge >= 0.3 is 0 Å². The van der Waals surface area contributed by atoms with E-state index in [4.69, 9.17) is 4.52 Å². The molecule has 0 aliphatic carbocycles. The molecule has 3 rings (SSSR count). The van der Waals surface area contributed by atoms with Gasteiger partial charge in [0.2, 0.25) is 11.8 Å². The highest BCUT2D eigenvalue weighted by Gasteiger charge is 2.48. The Bertz CT molecular complexity index is 652. The molecule has 1 N–H and O–H groups in total. The molecule has 2 aliphatic rings. The van der Waals surface area contributed by atoms with Gasteiger partial charge in [0, 0.05) is 57.2 Å². The van der Waals surface area contributed by atoms with Gasteiger partial charge in [-0.1, -0.05) is 5.16 Å². The standard InChI is InChI=1S/C19H30N4O3/c1-14-17(15(2)26-21-14)12-23-11-8-19(23)7-5-10-22(13-19)18(25)6-4-9-20-16(3)24/h4-13H2,1-3H3,(H,20,24). The number of hydrogen-bond acceptors (Lipinski definition) is 5. The normalized spacial score (nSPS) is 23.1. The predicted octanol–water partition coefficient (Wildman–Crippen LogP) is 1.77. The van der Waals surface area contributed by atoms with Gasteiger partial charge in [-0.05, 0) is 39.5 Å². The number of aromatic nitrogens is 1. The summed E-state index contributed by atoms with van der Waals surface area (Å²) < 4.78 is 5.30. The van der Waals surface area contributed by atoms with Crippen molar-refractivity contribution < 1.29 is 14.1 Å². The average molecular weight is 362 g/mol. The Morgan fingerprint density at radius 3 is 2.69 bits per heavy atom. The number of nitrogens with one attached hydrogen (secondary N) is 1. The van der Waals surface area contributed by atoms with Crippen molar-refractivity contribution in [3.8, 4) is 0 Å². The van der Waals surface area contributed by atoms with E-state index in [-0.39, 0.29) is 17.4 Å². The molecule has 26 heavy (non-hydrogen) atoms. The largest absolute Gasteiger partial charge is 0.361 e. The van der Waals surface area contributed by atoms with Gasteiger partial charge < -0.3 is 14.7 Å². The first-order valence-corrected chi connectivity index (χ1v) is 9.60. The SMILES string of the molecule is CC(=O)NCCCC(=O)N1CCCC2(CCN2Cc2c(C)noc2C)C1. The summed E-state index contributed by atoms with van der Waals surface area (Å²) in [5.74, 6) is 1.06. The number of likely N-dealkylation sites (tertiary alicyclic amines) is 2. The number of hydrogen-bond donors (Lipinski definition) is 1. The molecular formula is C19H30N4O3. The van der Waals surface area contributed by atoms with Crippen LogP contribution in [-0.2, 0) is 16.1 Å². The maximum Gasteiger partial charge on any atom is 0.222 e. The van der Waals surface area contributed by atoms with Crippen LogP contribution in [-0.4, -0.2) is 58.5 Å². The molecule has 1 spiro atoms. The van der Waals surface area contributed by atoms with Crippen molar-refractivity contribution in [2.45, 2.75) is 65.0 Å².